The molecule has 27 heavy (non-hydrogen) atoms. The lowest BCUT2D eigenvalue weighted by Gasteiger charge is -2.10. The fourth-order valence-corrected chi connectivity index (χ4v) is 2.35. The van der Waals surface area contributed by atoms with E-state index in [4.69, 9.17) is 16.3 Å². The van der Waals surface area contributed by atoms with Gasteiger partial charge in [0.1, 0.15) is 5.75 Å². The van der Waals surface area contributed by atoms with Crippen LogP contribution in [0.3, 0.4) is 0 Å². The number of hydrogen-bond donors (Lipinski definition) is 3. The van der Waals surface area contributed by atoms with Gasteiger partial charge in [0.15, 0.2) is 6.61 Å². The summed E-state index contributed by atoms with van der Waals surface area (Å²) in [5.74, 6) is -0.761. The SMILES string of the molecule is Cc1cc(Cl)ccc1OCC(=O)NNC(=O)CCC(=O)Nc1ccccc1. The number of halogens is 1. The smallest absolute Gasteiger partial charge is 0.276 e. The van der Waals surface area contributed by atoms with Gasteiger partial charge in [-0.05, 0) is 42.8 Å². The average molecular weight is 390 g/mol. The third-order valence-electron chi connectivity index (χ3n) is 3.47. The van der Waals surface area contributed by atoms with Gasteiger partial charge in [-0.3, -0.25) is 25.2 Å². The minimum absolute atomic E-state index is 0.00291. The first-order valence-corrected chi connectivity index (χ1v) is 8.63. The van der Waals surface area contributed by atoms with Crippen LogP contribution in [-0.4, -0.2) is 24.3 Å². The molecule has 0 atom stereocenters. The molecule has 0 spiro atoms. The van der Waals surface area contributed by atoms with Crippen LogP contribution >= 0.6 is 11.6 Å². The number of hydrogen-bond acceptors (Lipinski definition) is 4. The van der Waals surface area contributed by atoms with Gasteiger partial charge in [-0.2, -0.15) is 0 Å². The Balaban J connectivity index is 1.64. The van der Waals surface area contributed by atoms with E-state index >= 15 is 0 Å². The van der Waals surface area contributed by atoms with Crippen LogP contribution in [0, 0.1) is 6.92 Å². The molecule has 0 aliphatic rings. The van der Waals surface area contributed by atoms with Crippen molar-refractivity contribution < 1.29 is 19.1 Å². The van der Waals surface area contributed by atoms with Gasteiger partial charge < -0.3 is 10.1 Å². The number of carbonyl (C=O) groups excluding carboxylic acids is 3. The summed E-state index contributed by atoms with van der Waals surface area (Å²) < 4.78 is 5.36. The van der Waals surface area contributed by atoms with Crippen molar-refractivity contribution >= 4 is 35.0 Å². The number of aryl methyl sites for hydroxylation is 1. The number of benzene rings is 2. The molecule has 0 bridgehead atoms. The van der Waals surface area contributed by atoms with E-state index in [1.165, 1.54) is 0 Å². The molecule has 0 aromatic heterocycles. The molecule has 0 aliphatic carbocycles. The first-order chi connectivity index (χ1) is 12.9. The summed E-state index contributed by atoms with van der Waals surface area (Å²) in [7, 11) is 0. The summed E-state index contributed by atoms with van der Waals surface area (Å²) in [6.07, 6.45) is -0.0623. The Morgan fingerprint density at radius 1 is 0.926 bits per heavy atom. The van der Waals surface area contributed by atoms with Crippen LogP contribution in [0.4, 0.5) is 5.69 Å². The largest absolute Gasteiger partial charge is 0.483 e. The van der Waals surface area contributed by atoms with Crippen molar-refractivity contribution in [2.24, 2.45) is 0 Å². The van der Waals surface area contributed by atoms with Gasteiger partial charge in [0.25, 0.3) is 5.91 Å². The maximum absolute atomic E-state index is 11.8. The van der Waals surface area contributed by atoms with Crippen molar-refractivity contribution in [1.29, 1.82) is 0 Å². The predicted molar refractivity (Wildman–Crippen MR) is 102 cm³/mol. The maximum Gasteiger partial charge on any atom is 0.276 e. The van der Waals surface area contributed by atoms with Crippen molar-refractivity contribution in [2.45, 2.75) is 19.8 Å². The van der Waals surface area contributed by atoms with E-state index in [1.54, 1.807) is 49.4 Å². The molecule has 3 N–H and O–H groups in total. The van der Waals surface area contributed by atoms with Gasteiger partial charge in [0.05, 0.1) is 0 Å². The molecule has 0 saturated heterocycles. The highest BCUT2D eigenvalue weighted by atomic mass is 35.5. The number of rotatable bonds is 7. The van der Waals surface area contributed by atoms with E-state index in [0.29, 0.717) is 16.5 Å². The summed E-state index contributed by atoms with van der Waals surface area (Å²) in [4.78, 5) is 35.2. The van der Waals surface area contributed by atoms with E-state index < -0.39 is 11.8 Å². The first kappa shape index (κ1) is 20.3. The van der Waals surface area contributed by atoms with Gasteiger partial charge in [-0.1, -0.05) is 29.8 Å². The lowest BCUT2D eigenvalue weighted by atomic mass is 10.2. The van der Waals surface area contributed by atoms with Gasteiger partial charge >= 0.3 is 0 Å². The fraction of sp³-hybridized carbons (Fsp3) is 0.211. The molecule has 0 saturated carbocycles. The summed E-state index contributed by atoms with van der Waals surface area (Å²) >= 11 is 5.85. The second-order valence-electron chi connectivity index (χ2n) is 5.71. The highest BCUT2D eigenvalue weighted by Gasteiger charge is 2.09. The molecule has 0 radical (unpaired) electrons. The maximum atomic E-state index is 11.8. The van der Waals surface area contributed by atoms with Crippen LogP contribution in [0.1, 0.15) is 18.4 Å². The van der Waals surface area contributed by atoms with Crippen molar-refractivity contribution in [1.82, 2.24) is 10.9 Å². The normalized spacial score (nSPS) is 10.0. The Kier molecular flexibility index (Phi) is 7.63. The molecular formula is C19H20ClN3O4. The molecule has 0 fully saturated rings. The summed E-state index contributed by atoms with van der Waals surface area (Å²) in [5, 5.41) is 3.25. The Morgan fingerprint density at radius 3 is 2.30 bits per heavy atom. The topological polar surface area (TPSA) is 96.5 Å². The standard InChI is InChI=1S/C19H20ClN3O4/c1-13-11-14(20)7-8-16(13)27-12-19(26)23-22-18(25)10-9-17(24)21-15-5-3-2-4-6-15/h2-8,11H,9-10,12H2,1H3,(H,21,24)(H,22,25)(H,23,26). The van der Waals surface area contributed by atoms with Gasteiger partial charge in [0, 0.05) is 23.6 Å². The number of anilines is 1. The van der Waals surface area contributed by atoms with E-state index in [0.717, 1.165) is 5.56 Å². The van der Waals surface area contributed by atoms with Crippen LogP contribution < -0.4 is 20.9 Å². The summed E-state index contributed by atoms with van der Waals surface area (Å²) in [6.45, 7) is 1.54. The molecule has 0 heterocycles. The molecule has 2 aromatic rings. The Bertz CT molecular complexity index is 812. The van der Waals surface area contributed by atoms with Crippen LogP contribution in [0.15, 0.2) is 48.5 Å². The third kappa shape index (κ3) is 7.37. The zero-order chi connectivity index (χ0) is 19.6. The fourth-order valence-electron chi connectivity index (χ4n) is 2.13. The lowest BCUT2D eigenvalue weighted by molar-refractivity contribution is -0.130. The van der Waals surface area contributed by atoms with Crippen molar-refractivity contribution in [3.63, 3.8) is 0 Å². The van der Waals surface area contributed by atoms with Crippen LogP contribution in [0.25, 0.3) is 0 Å². The number of para-hydroxylation sites is 1. The van der Waals surface area contributed by atoms with Crippen molar-refractivity contribution in [3.8, 4) is 5.75 Å². The molecule has 142 valence electrons. The molecular weight excluding hydrogens is 370 g/mol. The quantitative estimate of drug-likeness (QED) is 0.634. The lowest BCUT2D eigenvalue weighted by Crippen LogP contribution is -2.44. The molecule has 3 amide bonds. The number of hydrazine groups is 1. The monoisotopic (exact) mass is 389 g/mol. The molecule has 8 heteroatoms. The number of amides is 3. The highest BCUT2D eigenvalue weighted by Crippen LogP contribution is 2.21. The van der Waals surface area contributed by atoms with Gasteiger partial charge in [-0.25, -0.2) is 0 Å². The van der Waals surface area contributed by atoms with Gasteiger partial charge in [-0.15, -0.1) is 0 Å². The van der Waals surface area contributed by atoms with Crippen LogP contribution in [-0.2, 0) is 14.4 Å². The molecule has 2 rings (SSSR count). The zero-order valence-corrected chi connectivity index (χ0v) is 15.5. The number of ether oxygens (including phenoxy) is 1. The van der Waals surface area contributed by atoms with E-state index in [-0.39, 0.29) is 25.4 Å². The summed E-state index contributed by atoms with van der Waals surface area (Å²) in [5.41, 5.74) is 5.93. The first-order valence-electron chi connectivity index (χ1n) is 8.25. The van der Waals surface area contributed by atoms with E-state index in [9.17, 15) is 14.4 Å². The second kappa shape index (κ2) is 10.2. The minimum Gasteiger partial charge on any atom is -0.483 e. The van der Waals surface area contributed by atoms with E-state index in [1.807, 2.05) is 6.07 Å². The molecule has 7 nitrogen and oxygen atoms in total. The second-order valence-corrected chi connectivity index (χ2v) is 6.15. The minimum atomic E-state index is -0.522. The average Bonchev–Trinajstić information content (AvgIpc) is 2.65. The Hall–Kier alpha value is -3.06. The molecule has 0 unspecified atom stereocenters. The molecule has 2 aromatic carbocycles. The van der Waals surface area contributed by atoms with Gasteiger partial charge in [0.2, 0.25) is 11.8 Å². The highest BCUT2D eigenvalue weighted by molar-refractivity contribution is 6.30. The Labute approximate surface area is 162 Å². The summed E-state index contributed by atoms with van der Waals surface area (Å²) in [6, 6.07) is 14.0. The number of nitrogens with one attached hydrogen (secondary N) is 3. The third-order valence-corrected chi connectivity index (χ3v) is 3.71. The van der Waals surface area contributed by atoms with E-state index in [2.05, 4.69) is 16.2 Å². The van der Waals surface area contributed by atoms with Crippen molar-refractivity contribution in [3.05, 3.63) is 59.1 Å². The zero-order valence-electron chi connectivity index (χ0n) is 14.8. The van der Waals surface area contributed by atoms with Crippen molar-refractivity contribution in [2.75, 3.05) is 11.9 Å². The predicted octanol–water partition coefficient (Wildman–Crippen LogP) is 2.59. The van der Waals surface area contributed by atoms with Crippen LogP contribution in [0.5, 0.6) is 5.75 Å². The Morgan fingerprint density at radius 2 is 1.59 bits per heavy atom. The van der Waals surface area contributed by atoms with Crippen LogP contribution in [0.2, 0.25) is 5.02 Å². The number of carbonyl (C=O) groups is 3. The molecule has 0 aliphatic heterocycles.